The maximum Gasteiger partial charge on any atom is 0.399 e. The molecule has 0 aromatic heterocycles. The predicted octanol–water partition coefficient (Wildman–Crippen LogP) is 3.63. The summed E-state index contributed by atoms with van der Waals surface area (Å²) in [4.78, 5) is 0. The van der Waals surface area contributed by atoms with Crippen molar-refractivity contribution in [1.82, 2.24) is 0 Å². The molecular weight excluding hydrogens is 328 g/mol. The number of allylic oxidation sites excluding steroid dienone is 1. The van der Waals surface area contributed by atoms with Gasteiger partial charge in [0.1, 0.15) is 0 Å². The van der Waals surface area contributed by atoms with Crippen LogP contribution in [-0.4, -0.2) is 49.8 Å². The lowest BCUT2D eigenvalue weighted by atomic mass is 10.2. The normalized spacial score (nSPS) is 18.6. The van der Waals surface area contributed by atoms with Crippen LogP contribution in [0.5, 0.6) is 0 Å². The number of rotatable bonds is 10. The molecule has 0 aromatic carbocycles. The monoisotopic (exact) mass is 361 g/mol. The fourth-order valence-corrected chi connectivity index (χ4v) is 7.14. The van der Waals surface area contributed by atoms with Crippen molar-refractivity contribution in [3.63, 3.8) is 0 Å². The Kier molecular flexibility index (Phi) is 13.0. The Labute approximate surface area is 144 Å². The van der Waals surface area contributed by atoms with E-state index in [9.17, 15) is 4.46 Å². The third-order valence-corrected chi connectivity index (χ3v) is 8.26. The van der Waals surface area contributed by atoms with Crippen LogP contribution in [-0.2, 0) is 22.8 Å². The minimum Gasteiger partial charge on any atom is -0.392 e. The van der Waals surface area contributed by atoms with Crippen LogP contribution in [0.1, 0.15) is 47.0 Å². The van der Waals surface area contributed by atoms with Crippen LogP contribution in [0, 0.1) is 0 Å². The molecule has 7 heteroatoms. The lowest BCUT2D eigenvalue weighted by Gasteiger charge is -2.48. The Balaban J connectivity index is 0.000000841. The number of hydrogen-bond donors (Lipinski definition) is 0. The first kappa shape index (κ1) is 22.8. The summed E-state index contributed by atoms with van der Waals surface area (Å²) in [6.45, 7) is 14.0. The highest BCUT2D eigenvalue weighted by Crippen LogP contribution is 2.41. The van der Waals surface area contributed by atoms with Crippen molar-refractivity contribution in [1.29, 1.82) is 0 Å². The third kappa shape index (κ3) is 6.68. The first-order chi connectivity index (χ1) is 11.1. The van der Waals surface area contributed by atoms with Crippen molar-refractivity contribution >= 4 is 18.0 Å². The quantitative estimate of drug-likeness (QED) is 0.338. The molecule has 1 fully saturated rings. The van der Waals surface area contributed by atoms with Crippen LogP contribution < -0.4 is 0 Å². The molecule has 0 aliphatic carbocycles. The zero-order valence-electron chi connectivity index (χ0n) is 15.2. The molecule has 135 valence electrons. The molecule has 1 aliphatic heterocycles. The molecule has 1 rings (SSSR count). The van der Waals surface area contributed by atoms with E-state index < -0.39 is 14.0 Å². The van der Waals surface area contributed by atoms with E-state index in [1.165, 1.54) is 0 Å². The molecule has 1 radical (unpaired) electrons. The molecular formula is C16H33O5Si2. The van der Waals surface area contributed by atoms with E-state index >= 15 is 0 Å². The highest BCUT2D eigenvalue weighted by atomic mass is 28.4. The summed E-state index contributed by atoms with van der Waals surface area (Å²) in [5.74, 6) is 0. The standard InChI is InChI=1S/C13H28O4Si.C3H5OSi/c1-5-14-13(15-6-2)11-9-10-12-18(13,16-7-3)17-8-4;1-2-3-5-4/h5-12H2,1-4H3;2H,1,3H2. The zero-order valence-corrected chi connectivity index (χ0v) is 17.2. The van der Waals surface area contributed by atoms with Crippen molar-refractivity contribution in [2.45, 2.75) is 64.5 Å². The van der Waals surface area contributed by atoms with Gasteiger partial charge in [0.2, 0.25) is 5.41 Å². The molecule has 23 heavy (non-hydrogen) atoms. The van der Waals surface area contributed by atoms with E-state index in [4.69, 9.17) is 18.3 Å². The minimum atomic E-state index is -2.45. The lowest BCUT2D eigenvalue weighted by Crippen LogP contribution is -2.67. The van der Waals surface area contributed by atoms with Crippen LogP contribution in [0.2, 0.25) is 12.1 Å². The van der Waals surface area contributed by atoms with E-state index in [0.29, 0.717) is 32.5 Å². The number of hydrogen-bond acceptors (Lipinski definition) is 5. The molecule has 0 atom stereocenters. The summed E-state index contributed by atoms with van der Waals surface area (Å²) < 4.78 is 33.7. The van der Waals surface area contributed by atoms with Crippen LogP contribution >= 0.6 is 0 Å². The molecule has 1 aliphatic rings. The fraction of sp³-hybridized carbons (Fsp3) is 0.875. The average Bonchev–Trinajstić information content (AvgIpc) is 2.53. The average molecular weight is 362 g/mol. The third-order valence-electron chi connectivity index (χ3n) is 3.58. The molecule has 1 saturated heterocycles. The molecule has 0 saturated carbocycles. The topological polar surface area (TPSA) is 54.0 Å². The second-order valence-corrected chi connectivity index (χ2v) is 9.12. The van der Waals surface area contributed by atoms with Crippen molar-refractivity contribution in [3.05, 3.63) is 12.7 Å². The SMILES string of the molecule is C=CC[Si]=O.CCOC1(OCC)CCCC[Si]1(OCC)OCC. The zero-order chi connectivity index (χ0) is 17.6. The minimum absolute atomic E-state index is 0.210. The van der Waals surface area contributed by atoms with Gasteiger partial charge < -0.3 is 22.8 Å². The predicted molar refractivity (Wildman–Crippen MR) is 95.1 cm³/mol. The van der Waals surface area contributed by atoms with Gasteiger partial charge in [0.15, 0.2) is 0 Å². The highest BCUT2D eigenvalue weighted by molar-refractivity contribution is 6.70. The second-order valence-electron chi connectivity index (χ2n) is 5.08. The Morgan fingerprint density at radius 2 is 1.61 bits per heavy atom. The molecule has 1 heterocycles. The van der Waals surface area contributed by atoms with Crippen molar-refractivity contribution < 1.29 is 22.8 Å². The van der Waals surface area contributed by atoms with Gasteiger partial charge in [-0.15, -0.1) is 6.58 Å². The van der Waals surface area contributed by atoms with E-state index in [-0.39, 0.29) is 9.41 Å². The van der Waals surface area contributed by atoms with Crippen molar-refractivity contribution in [2.75, 3.05) is 26.4 Å². The summed E-state index contributed by atoms with van der Waals surface area (Å²) in [6.07, 6.45) is 4.79. The van der Waals surface area contributed by atoms with E-state index in [1.807, 2.05) is 27.7 Å². The second kappa shape index (κ2) is 13.1. The Bertz CT molecular complexity index is 273. The molecule has 0 amide bonds. The maximum atomic E-state index is 9.49. The van der Waals surface area contributed by atoms with Gasteiger partial charge in [-0.3, -0.25) is 0 Å². The summed E-state index contributed by atoms with van der Waals surface area (Å²) in [7, 11) is -2.66. The summed E-state index contributed by atoms with van der Waals surface area (Å²) >= 11 is 0. The van der Waals surface area contributed by atoms with Crippen molar-refractivity contribution in [3.8, 4) is 0 Å². The van der Waals surface area contributed by atoms with E-state index in [1.54, 1.807) is 6.08 Å². The number of ether oxygens (including phenoxy) is 2. The van der Waals surface area contributed by atoms with Gasteiger partial charge >= 0.3 is 18.0 Å². The van der Waals surface area contributed by atoms with Gasteiger partial charge in [0, 0.05) is 38.9 Å². The fourth-order valence-electron chi connectivity index (χ4n) is 2.90. The van der Waals surface area contributed by atoms with Crippen molar-refractivity contribution in [2.24, 2.45) is 0 Å². The Morgan fingerprint density at radius 3 is 1.96 bits per heavy atom. The molecule has 0 unspecified atom stereocenters. The Morgan fingerprint density at radius 1 is 1.04 bits per heavy atom. The van der Waals surface area contributed by atoms with Gasteiger partial charge in [-0.1, -0.05) is 12.5 Å². The van der Waals surface area contributed by atoms with E-state index in [2.05, 4.69) is 6.58 Å². The van der Waals surface area contributed by atoms with Crippen LogP contribution in [0.25, 0.3) is 0 Å². The van der Waals surface area contributed by atoms with Gasteiger partial charge in [-0.2, -0.15) is 0 Å². The summed E-state index contributed by atoms with van der Waals surface area (Å²) in [5, 5.41) is 0. The largest absolute Gasteiger partial charge is 0.399 e. The molecule has 5 nitrogen and oxygen atoms in total. The van der Waals surface area contributed by atoms with Gasteiger partial charge in [-0.05, 0) is 40.2 Å². The van der Waals surface area contributed by atoms with Gasteiger partial charge in [0.05, 0.1) is 0 Å². The first-order valence-corrected chi connectivity index (χ1v) is 11.8. The molecule has 0 N–H and O–H groups in total. The first-order valence-electron chi connectivity index (χ1n) is 8.63. The van der Waals surface area contributed by atoms with Crippen LogP contribution in [0.3, 0.4) is 0 Å². The lowest BCUT2D eigenvalue weighted by molar-refractivity contribution is -0.211. The smallest absolute Gasteiger partial charge is 0.392 e. The molecule has 0 spiro atoms. The molecule has 0 aromatic rings. The highest BCUT2D eigenvalue weighted by Gasteiger charge is 2.61. The van der Waals surface area contributed by atoms with Crippen LogP contribution in [0.4, 0.5) is 0 Å². The summed E-state index contributed by atoms with van der Waals surface area (Å²) in [6, 6.07) is 1.59. The van der Waals surface area contributed by atoms with Gasteiger partial charge in [-0.25, -0.2) is 0 Å². The summed E-state index contributed by atoms with van der Waals surface area (Å²) in [5.41, 5.74) is -0.610. The van der Waals surface area contributed by atoms with Gasteiger partial charge in [0.25, 0.3) is 0 Å². The molecule has 0 bridgehead atoms. The van der Waals surface area contributed by atoms with Crippen LogP contribution in [0.15, 0.2) is 12.7 Å². The Hall–Kier alpha value is -0.186. The maximum absolute atomic E-state index is 9.49. The van der Waals surface area contributed by atoms with E-state index in [0.717, 1.165) is 25.3 Å².